The summed E-state index contributed by atoms with van der Waals surface area (Å²) < 4.78 is 2.23. The highest BCUT2D eigenvalue weighted by molar-refractivity contribution is 9.11. The molecule has 0 radical (unpaired) electrons. The van der Waals surface area contributed by atoms with Crippen LogP contribution < -0.4 is 0 Å². The van der Waals surface area contributed by atoms with Crippen LogP contribution in [0, 0.1) is 6.92 Å². The Morgan fingerprint density at radius 1 is 1.36 bits per heavy atom. The van der Waals surface area contributed by atoms with E-state index in [-0.39, 0.29) is 0 Å². The minimum absolute atomic E-state index is 0.977. The van der Waals surface area contributed by atoms with Crippen molar-refractivity contribution in [3.05, 3.63) is 25.8 Å². The standard InChI is InChI=1S/C8H7BrN2S3/c1-5-10-11-8(13-5)12-4-6-2-3-7(9)14-6/h2-3H,4H2,1H3. The monoisotopic (exact) mass is 306 g/mol. The van der Waals surface area contributed by atoms with Gasteiger partial charge < -0.3 is 0 Å². The Balaban J connectivity index is 1.94. The summed E-state index contributed by atoms with van der Waals surface area (Å²) in [6.07, 6.45) is 0. The molecule has 0 N–H and O–H groups in total. The second-order valence-corrected chi connectivity index (χ2v) is 7.53. The van der Waals surface area contributed by atoms with E-state index < -0.39 is 0 Å². The third kappa shape index (κ3) is 2.79. The Bertz CT molecular complexity index is 383. The predicted molar refractivity (Wildman–Crippen MR) is 66.2 cm³/mol. The first kappa shape index (κ1) is 10.6. The largest absolute Gasteiger partial charge is 0.174 e. The molecule has 0 aliphatic heterocycles. The van der Waals surface area contributed by atoms with Crippen molar-refractivity contribution in [2.75, 3.05) is 0 Å². The number of aryl methyl sites for hydroxylation is 1. The highest BCUT2D eigenvalue weighted by Crippen LogP contribution is 2.30. The van der Waals surface area contributed by atoms with E-state index in [1.165, 1.54) is 8.66 Å². The zero-order valence-corrected chi connectivity index (χ0v) is 11.4. The van der Waals surface area contributed by atoms with Gasteiger partial charge in [0.2, 0.25) is 0 Å². The molecule has 0 aromatic carbocycles. The quantitative estimate of drug-likeness (QED) is 0.803. The summed E-state index contributed by atoms with van der Waals surface area (Å²) in [4.78, 5) is 1.36. The summed E-state index contributed by atoms with van der Waals surface area (Å²) in [6, 6.07) is 4.21. The van der Waals surface area contributed by atoms with Crippen LogP contribution in [-0.4, -0.2) is 10.2 Å². The molecule has 74 valence electrons. The van der Waals surface area contributed by atoms with Crippen LogP contribution in [0.1, 0.15) is 9.88 Å². The van der Waals surface area contributed by atoms with E-state index in [9.17, 15) is 0 Å². The van der Waals surface area contributed by atoms with Gasteiger partial charge in [0.1, 0.15) is 5.01 Å². The van der Waals surface area contributed by atoms with Crippen LogP contribution in [-0.2, 0) is 5.75 Å². The van der Waals surface area contributed by atoms with E-state index in [1.54, 1.807) is 34.4 Å². The van der Waals surface area contributed by atoms with Crippen LogP contribution in [0.4, 0.5) is 0 Å². The van der Waals surface area contributed by atoms with Gasteiger partial charge in [-0.15, -0.1) is 21.5 Å². The van der Waals surface area contributed by atoms with Crippen LogP contribution in [0.25, 0.3) is 0 Å². The Hall–Kier alpha value is 0.0900. The molecule has 0 saturated heterocycles. The number of hydrogen-bond donors (Lipinski definition) is 0. The first-order valence-electron chi connectivity index (χ1n) is 3.91. The number of hydrogen-bond acceptors (Lipinski definition) is 5. The van der Waals surface area contributed by atoms with Gasteiger partial charge in [0.15, 0.2) is 4.34 Å². The molecule has 2 rings (SSSR count). The van der Waals surface area contributed by atoms with Gasteiger partial charge >= 0.3 is 0 Å². The summed E-state index contributed by atoms with van der Waals surface area (Å²) in [5, 5.41) is 9.07. The number of halogens is 1. The van der Waals surface area contributed by atoms with E-state index in [1.807, 2.05) is 6.92 Å². The van der Waals surface area contributed by atoms with Crippen molar-refractivity contribution in [2.24, 2.45) is 0 Å². The number of rotatable bonds is 3. The molecule has 6 heteroatoms. The Morgan fingerprint density at radius 3 is 2.79 bits per heavy atom. The van der Waals surface area contributed by atoms with Gasteiger partial charge in [-0.1, -0.05) is 23.1 Å². The van der Waals surface area contributed by atoms with Crippen molar-refractivity contribution < 1.29 is 0 Å². The smallest absolute Gasteiger partial charge is 0.143 e. The fraction of sp³-hybridized carbons (Fsp3) is 0.250. The van der Waals surface area contributed by atoms with E-state index in [2.05, 4.69) is 38.3 Å². The van der Waals surface area contributed by atoms with Gasteiger partial charge in [-0.3, -0.25) is 0 Å². The molecule has 2 nitrogen and oxygen atoms in total. The van der Waals surface area contributed by atoms with E-state index in [4.69, 9.17) is 0 Å². The number of nitrogens with zero attached hydrogens (tertiary/aromatic N) is 2. The topological polar surface area (TPSA) is 25.8 Å². The first-order chi connectivity index (χ1) is 6.74. The van der Waals surface area contributed by atoms with Crippen molar-refractivity contribution in [1.82, 2.24) is 10.2 Å². The molecule has 0 unspecified atom stereocenters. The highest BCUT2D eigenvalue weighted by Gasteiger charge is 2.03. The lowest BCUT2D eigenvalue weighted by molar-refractivity contribution is 0.984. The van der Waals surface area contributed by atoms with Crippen LogP contribution in [0.15, 0.2) is 20.3 Å². The van der Waals surface area contributed by atoms with Crippen molar-refractivity contribution in [3.8, 4) is 0 Å². The first-order valence-corrected chi connectivity index (χ1v) is 7.32. The lowest BCUT2D eigenvalue weighted by atomic mass is 10.5. The lowest BCUT2D eigenvalue weighted by Crippen LogP contribution is -1.73. The molecule has 0 fully saturated rings. The summed E-state index contributed by atoms with van der Waals surface area (Å²) in [7, 11) is 0. The van der Waals surface area contributed by atoms with Gasteiger partial charge in [0, 0.05) is 10.6 Å². The summed E-state index contributed by atoms with van der Waals surface area (Å²) in [5.41, 5.74) is 0. The highest BCUT2D eigenvalue weighted by atomic mass is 79.9. The van der Waals surface area contributed by atoms with Gasteiger partial charge in [-0.05, 0) is 35.0 Å². The summed E-state index contributed by atoms with van der Waals surface area (Å²) in [6.45, 7) is 1.98. The maximum absolute atomic E-state index is 4.06. The van der Waals surface area contributed by atoms with Crippen LogP contribution >= 0.6 is 50.4 Å². The maximum Gasteiger partial charge on any atom is 0.174 e. The maximum atomic E-state index is 4.06. The molecule has 0 aliphatic carbocycles. The van der Waals surface area contributed by atoms with Crippen LogP contribution in [0.5, 0.6) is 0 Å². The zero-order valence-electron chi connectivity index (χ0n) is 7.36. The fourth-order valence-electron chi connectivity index (χ4n) is 0.899. The molecular formula is C8H7BrN2S3. The molecule has 0 amide bonds. The third-order valence-electron chi connectivity index (χ3n) is 1.47. The molecule has 0 saturated carbocycles. The van der Waals surface area contributed by atoms with Crippen molar-refractivity contribution in [1.29, 1.82) is 0 Å². The average Bonchev–Trinajstić information content (AvgIpc) is 2.72. The molecule has 2 aromatic heterocycles. The Morgan fingerprint density at radius 2 is 2.21 bits per heavy atom. The third-order valence-corrected chi connectivity index (χ3v) is 5.30. The lowest BCUT2D eigenvalue weighted by Gasteiger charge is -1.91. The fourth-order valence-corrected chi connectivity index (χ4v) is 4.24. The summed E-state index contributed by atoms with van der Waals surface area (Å²) in [5.74, 6) is 0.977. The van der Waals surface area contributed by atoms with Crippen molar-refractivity contribution in [2.45, 2.75) is 17.0 Å². The molecule has 2 heterocycles. The Labute approximate surface area is 103 Å². The second kappa shape index (κ2) is 4.74. The van der Waals surface area contributed by atoms with E-state index in [0.29, 0.717) is 0 Å². The van der Waals surface area contributed by atoms with Crippen LogP contribution in [0.2, 0.25) is 0 Å². The Kier molecular flexibility index (Phi) is 3.59. The molecule has 0 bridgehead atoms. The van der Waals surface area contributed by atoms with Gasteiger partial charge in [0.25, 0.3) is 0 Å². The molecule has 14 heavy (non-hydrogen) atoms. The average molecular weight is 307 g/mol. The number of aromatic nitrogens is 2. The minimum atomic E-state index is 0.977. The molecule has 0 aliphatic rings. The van der Waals surface area contributed by atoms with E-state index in [0.717, 1.165) is 15.1 Å². The molecule has 0 spiro atoms. The van der Waals surface area contributed by atoms with Crippen molar-refractivity contribution in [3.63, 3.8) is 0 Å². The zero-order chi connectivity index (χ0) is 9.97. The molecule has 2 aromatic rings. The molecule has 0 atom stereocenters. The van der Waals surface area contributed by atoms with Crippen LogP contribution in [0.3, 0.4) is 0 Å². The second-order valence-electron chi connectivity index (χ2n) is 2.58. The van der Waals surface area contributed by atoms with E-state index >= 15 is 0 Å². The summed E-state index contributed by atoms with van der Waals surface area (Å²) >= 11 is 8.60. The number of thioether (sulfide) groups is 1. The predicted octanol–water partition coefficient (Wildman–Crippen LogP) is 3.96. The number of thiophene rings is 1. The SMILES string of the molecule is Cc1nnc(SCc2ccc(Br)s2)s1. The molecular weight excluding hydrogens is 300 g/mol. The van der Waals surface area contributed by atoms with Gasteiger partial charge in [0.05, 0.1) is 3.79 Å². The van der Waals surface area contributed by atoms with Gasteiger partial charge in [-0.25, -0.2) is 0 Å². The normalized spacial score (nSPS) is 10.7. The van der Waals surface area contributed by atoms with Crippen molar-refractivity contribution >= 4 is 50.4 Å². The van der Waals surface area contributed by atoms with Gasteiger partial charge in [-0.2, -0.15) is 0 Å². The minimum Gasteiger partial charge on any atom is -0.143 e.